The zero-order chi connectivity index (χ0) is 22.5. The Kier molecular flexibility index (Phi) is 6.42. The summed E-state index contributed by atoms with van der Waals surface area (Å²) < 4.78 is 6.62. The minimum absolute atomic E-state index is 0.191. The molecule has 8 heteroatoms. The van der Waals surface area contributed by atoms with Crippen LogP contribution in [0.15, 0.2) is 70.8 Å². The van der Waals surface area contributed by atoms with E-state index in [9.17, 15) is 9.59 Å². The summed E-state index contributed by atoms with van der Waals surface area (Å²) in [5.74, 6) is 0.425. The summed E-state index contributed by atoms with van der Waals surface area (Å²) in [6.45, 7) is 4.27. The van der Waals surface area contributed by atoms with Crippen LogP contribution in [0, 0.1) is 6.92 Å². The molecule has 0 radical (unpaired) electrons. The lowest BCUT2D eigenvalue weighted by Crippen LogP contribution is -2.29. The Morgan fingerprint density at radius 1 is 1.06 bits per heavy atom. The minimum atomic E-state index is -0.346. The van der Waals surface area contributed by atoms with Gasteiger partial charge in [0.05, 0.1) is 23.0 Å². The van der Waals surface area contributed by atoms with Crippen molar-refractivity contribution < 1.29 is 9.53 Å². The van der Waals surface area contributed by atoms with E-state index in [1.54, 1.807) is 23.5 Å². The van der Waals surface area contributed by atoms with E-state index >= 15 is 0 Å². The fourth-order valence-corrected chi connectivity index (χ4v) is 3.82. The van der Waals surface area contributed by atoms with E-state index < -0.39 is 0 Å². The van der Waals surface area contributed by atoms with Crippen LogP contribution in [-0.4, -0.2) is 27.3 Å². The second-order valence-corrected chi connectivity index (χ2v) is 8.11. The third-order valence-electron chi connectivity index (χ3n) is 4.68. The standard InChI is InChI=1S/C24H22N4O3S/c1-3-31-20-9-7-17(8-10-20)21-11-12-24(30)28(27-21)14-23(29)26-19-6-4-5-18(13-19)22-15-32-16(2)25-22/h4-13,15H,3,14H2,1-2H3,(H,26,29). The average molecular weight is 447 g/mol. The number of carbonyl (C=O) groups excluding carboxylic acids is 1. The average Bonchev–Trinajstić information content (AvgIpc) is 3.23. The molecule has 0 unspecified atom stereocenters. The molecule has 2 aromatic carbocycles. The van der Waals surface area contributed by atoms with Crippen molar-refractivity contribution in [3.05, 3.63) is 81.4 Å². The number of benzene rings is 2. The predicted molar refractivity (Wildman–Crippen MR) is 126 cm³/mol. The molecule has 0 aliphatic heterocycles. The number of ether oxygens (including phenoxy) is 1. The van der Waals surface area contributed by atoms with Gasteiger partial charge in [0.25, 0.3) is 5.56 Å². The van der Waals surface area contributed by atoms with Crippen LogP contribution in [0.25, 0.3) is 22.5 Å². The van der Waals surface area contributed by atoms with Gasteiger partial charge >= 0.3 is 0 Å². The summed E-state index contributed by atoms with van der Waals surface area (Å²) in [7, 11) is 0. The van der Waals surface area contributed by atoms with E-state index in [-0.39, 0.29) is 18.0 Å². The molecule has 4 aromatic rings. The molecular formula is C24H22N4O3S. The van der Waals surface area contributed by atoms with Gasteiger partial charge < -0.3 is 10.1 Å². The van der Waals surface area contributed by atoms with Crippen molar-refractivity contribution in [1.82, 2.24) is 14.8 Å². The summed E-state index contributed by atoms with van der Waals surface area (Å²) in [5, 5.41) is 10.2. The normalized spacial score (nSPS) is 10.7. The van der Waals surface area contributed by atoms with Crippen LogP contribution in [0.2, 0.25) is 0 Å². The van der Waals surface area contributed by atoms with Gasteiger partial charge in [0.15, 0.2) is 0 Å². The Balaban J connectivity index is 1.49. The van der Waals surface area contributed by atoms with Crippen LogP contribution in [0.5, 0.6) is 5.75 Å². The van der Waals surface area contributed by atoms with E-state index in [1.165, 1.54) is 6.07 Å². The number of hydrogen-bond acceptors (Lipinski definition) is 6. The first kappa shape index (κ1) is 21.5. The Hall–Kier alpha value is -3.78. The van der Waals surface area contributed by atoms with E-state index in [0.29, 0.717) is 18.0 Å². The van der Waals surface area contributed by atoms with Crippen LogP contribution in [-0.2, 0) is 11.3 Å². The zero-order valence-electron chi connectivity index (χ0n) is 17.7. The highest BCUT2D eigenvalue weighted by atomic mass is 32.1. The first-order valence-electron chi connectivity index (χ1n) is 10.2. The molecule has 1 N–H and O–H groups in total. The first-order chi connectivity index (χ1) is 15.5. The number of aryl methyl sites for hydroxylation is 1. The summed E-state index contributed by atoms with van der Waals surface area (Å²) >= 11 is 1.57. The van der Waals surface area contributed by atoms with Crippen molar-refractivity contribution >= 4 is 22.9 Å². The fourth-order valence-electron chi connectivity index (χ4n) is 3.19. The number of rotatable bonds is 7. The molecule has 0 aliphatic rings. The molecule has 4 rings (SSSR count). The molecule has 162 valence electrons. The highest BCUT2D eigenvalue weighted by molar-refractivity contribution is 7.09. The monoisotopic (exact) mass is 446 g/mol. The molecule has 0 spiro atoms. The highest BCUT2D eigenvalue weighted by Gasteiger charge is 2.10. The molecule has 0 aliphatic carbocycles. The molecule has 1 amide bonds. The lowest BCUT2D eigenvalue weighted by molar-refractivity contribution is -0.117. The molecule has 2 aromatic heterocycles. The molecule has 7 nitrogen and oxygen atoms in total. The molecule has 0 atom stereocenters. The number of amides is 1. The molecule has 2 heterocycles. The Bertz CT molecular complexity index is 1300. The van der Waals surface area contributed by atoms with E-state index in [0.717, 1.165) is 32.3 Å². The number of anilines is 1. The second-order valence-electron chi connectivity index (χ2n) is 7.05. The molecule has 0 bridgehead atoms. The highest BCUT2D eigenvalue weighted by Crippen LogP contribution is 2.24. The van der Waals surface area contributed by atoms with Crippen LogP contribution in [0.3, 0.4) is 0 Å². The van der Waals surface area contributed by atoms with Crippen molar-refractivity contribution in [2.24, 2.45) is 0 Å². The van der Waals surface area contributed by atoms with Gasteiger partial charge in [0, 0.05) is 28.3 Å². The van der Waals surface area contributed by atoms with Gasteiger partial charge in [-0.3, -0.25) is 9.59 Å². The number of nitrogens with zero attached hydrogens (tertiary/aromatic N) is 3. The lowest BCUT2D eigenvalue weighted by Gasteiger charge is -2.09. The van der Waals surface area contributed by atoms with Crippen molar-refractivity contribution in [2.75, 3.05) is 11.9 Å². The third kappa shape index (κ3) is 5.09. The smallest absolute Gasteiger partial charge is 0.267 e. The summed E-state index contributed by atoms with van der Waals surface area (Å²) in [4.78, 5) is 29.4. The lowest BCUT2D eigenvalue weighted by atomic mass is 10.1. The Morgan fingerprint density at radius 2 is 1.88 bits per heavy atom. The van der Waals surface area contributed by atoms with Gasteiger partial charge in [-0.25, -0.2) is 9.67 Å². The van der Waals surface area contributed by atoms with E-state index in [2.05, 4.69) is 15.4 Å². The molecule has 0 saturated heterocycles. The van der Waals surface area contributed by atoms with Gasteiger partial charge in [-0.2, -0.15) is 5.10 Å². The second kappa shape index (κ2) is 9.57. The third-order valence-corrected chi connectivity index (χ3v) is 5.46. The van der Waals surface area contributed by atoms with Crippen LogP contribution in [0.1, 0.15) is 11.9 Å². The van der Waals surface area contributed by atoms with Crippen LogP contribution >= 0.6 is 11.3 Å². The molecule has 0 saturated carbocycles. The van der Waals surface area contributed by atoms with E-state index in [4.69, 9.17) is 4.74 Å². The van der Waals surface area contributed by atoms with Crippen molar-refractivity contribution in [3.8, 4) is 28.3 Å². The van der Waals surface area contributed by atoms with Gasteiger partial charge in [0.2, 0.25) is 5.91 Å². The Labute approximate surface area is 189 Å². The maximum atomic E-state index is 12.6. The number of nitrogens with one attached hydrogen (secondary N) is 1. The predicted octanol–water partition coefficient (Wildman–Crippen LogP) is 4.38. The number of carbonyl (C=O) groups is 1. The van der Waals surface area contributed by atoms with Crippen molar-refractivity contribution in [3.63, 3.8) is 0 Å². The van der Waals surface area contributed by atoms with Gasteiger partial charge in [-0.15, -0.1) is 11.3 Å². The van der Waals surface area contributed by atoms with Gasteiger partial charge in [-0.05, 0) is 56.3 Å². The quantitative estimate of drug-likeness (QED) is 0.455. The van der Waals surface area contributed by atoms with Gasteiger partial charge in [-0.1, -0.05) is 12.1 Å². The van der Waals surface area contributed by atoms with Crippen LogP contribution in [0.4, 0.5) is 5.69 Å². The first-order valence-corrected chi connectivity index (χ1v) is 11.0. The maximum Gasteiger partial charge on any atom is 0.267 e. The Morgan fingerprint density at radius 3 is 2.59 bits per heavy atom. The number of aromatic nitrogens is 3. The number of thiazole rings is 1. The SMILES string of the molecule is CCOc1ccc(-c2ccc(=O)n(CC(=O)Nc3cccc(-c4csc(C)n4)c3)n2)cc1. The fraction of sp³-hybridized carbons (Fsp3) is 0.167. The van der Waals surface area contributed by atoms with Crippen molar-refractivity contribution in [2.45, 2.75) is 20.4 Å². The maximum absolute atomic E-state index is 12.6. The molecule has 0 fully saturated rings. The minimum Gasteiger partial charge on any atom is -0.494 e. The van der Waals surface area contributed by atoms with Crippen molar-refractivity contribution in [1.29, 1.82) is 0 Å². The summed E-state index contributed by atoms with van der Waals surface area (Å²) in [6.07, 6.45) is 0. The molecule has 32 heavy (non-hydrogen) atoms. The van der Waals surface area contributed by atoms with Gasteiger partial charge in [0.1, 0.15) is 12.3 Å². The topological polar surface area (TPSA) is 86.1 Å². The summed E-state index contributed by atoms with van der Waals surface area (Å²) in [5.41, 5.74) is 3.50. The van der Waals surface area contributed by atoms with E-state index in [1.807, 2.05) is 61.7 Å². The largest absolute Gasteiger partial charge is 0.494 e. The van der Waals surface area contributed by atoms with Crippen LogP contribution < -0.4 is 15.6 Å². The summed E-state index contributed by atoms with van der Waals surface area (Å²) in [6, 6.07) is 17.9. The zero-order valence-corrected chi connectivity index (χ0v) is 18.6. The number of hydrogen-bond donors (Lipinski definition) is 1. The molecular weight excluding hydrogens is 424 g/mol.